The van der Waals surface area contributed by atoms with Gasteiger partial charge in [0.1, 0.15) is 0 Å². The smallest absolute Gasteiger partial charge is 0.0541 e. The molecule has 1 aliphatic rings. The Morgan fingerprint density at radius 3 is 1.51 bits per heavy atom. The topological polar surface area (TPSA) is 8.17 Å². The molecule has 0 fully saturated rings. The number of fused-ring (bicyclic) bond motifs is 6. The van der Waals surface area contributed by atoms with E-state index >= 15 is 0 Å². The summed E-state index contributed by atoms with van der Waals surface area (Å²) in [5.41, 5.74) is 24.2. The van der Waals surface area contributed by atoms with Gasteiger partial charge in [0.05, 0.1) is 11.0 Å². The van der Waals surface area contributed by atoms with Crippen molar-refractivity contribution in [2.75, 3.05) is 4.90 Å². The van der Waals surface area contributed by atoms with Crippen LogP contribution in [0.4, 0.5) is 17.1 Å². The standard InChI is InChI=1S/C79H66N2/c1-4-56-29-31-59(32-30-56)52-58(6-3)20-18-19-51-79(66-23-12-8-13-24-66)75-28-17-16-27-71(75)72-48-47-70(55-76(72)79)80(68-43-37-61(38-44-68)60-21-10-7-11-22-60)69-45-39-63(40-46-69)65-42-50-78-74(54-65)73-53-64(62-35-33-57(5-2)34-36-62)41-49-77(73)81(78)67-25-14-9-15-26-67/h4-5,7-17,21-50,53-55,58H,1-2,6,18-20,51-52H2,3H3. The van der Waals surface area contributed by atoms with Crippen molar-refractivity contribution < 1.29 is 0 Å². The Balaban J connectivity index is 0.890. The lowest BCUT2D eigenvalue weighted by molar-refractivity contribution is 0.423. The zero-order valence-electron chi connectivity index (χ0n) is 46.2. The summed E-state index contributed by atoms with van der Waals surface area (Å²) in [6.07, 6.45) is 10.6. The predicted molar refractivity (Wildman–Crippen MR) is 346 cm³/mol. The lowest BCUT2D eigenvalue weighted by Gasteiger charge is -2.34. The van der Waals surface area contributed by atoms with Gasteiger partial charge in [0.2, 0.25) is 0 Å². The van der Waals surface area contributed by atoms with Crippen LogP contribution in [0.1, 0.15) is 72.4 Å². The fraction of sp³-hybridized carbons (Fsp3) is 0.114. The number of hydrogen-bond acceptors (Lipinski definition) is 1. The summed E-state index contributed by atoms with van der Waals surface area (Å²) < 4.78 is 2.40. The Hall–Kier alpha value is -9.50. The van der Waals surface area contributed by atoms with Crippen LogP contribution in [0, 0.1) is 5.92 Å². The van der Waals surface area contributed by atoms with E-state index in [9.17, 15) is 0 Å². The molecule has 0 bridgehead atoms. The highest BCUT2D eigenvalue weighted by molar-refractivity contribution is 6.11. The molecule has 0 aliphatic heterocycles. The zero-order chi connectivity index (χ0) is 54.7. The highest BCUT2D eigenvalue weighted by Gasteiger charge is 2.44. The van der Waals surface area contributed by atoms with Gasteiger partial charge in [0.15, 0.2) is 0 Å². The van der Waals surface area contributed by atoms with Crippen molar-refractivity contribution in [2.45, 2.75) is 50.9 Å². The molecule has 2 atom stereocenters. The number of unbranched alkanes of at least 4 members (excludes halogenated alkanes) is 1. The number of anilines is 3. The monoisotopic (exact) mass is 1040 g/mol. The van der Waals surface area contributed by atoms with Gasteiger partial charge in [0, 0.05) is 38.9 Å². The molecule has 1 heterocycles. The van der Waals surface area contributed by atoms with Crippen molar-refractivity contribution in [2.24, 2.45) is 5.92 Å². The normalized spacial score (nSPS) is 13.9. The number of rotatable bonds is 18. The molecule has 1 aromatic heterocycles. The number of benzene rings is 11. The summed E-state index contributed by atoms with van der Waals surface area (Å²) >= 11 is 0. The van der Waals surface area contributed by atoms with E-state index in [0.717, 1.165) is 47.6 Å². The maximum absolute atomic E-state index is 3.98. The summed E-state index contributed by atoms with van der Waals surface area (Å²) in [5.74, 6) is 0.639. The van der Waals surface area contributed by atoms with Crippen molar-refractivity contribution in [1.29, 1.82) is 0 Å². The molecule has 1 aliphatic carbocycles. The molecule has 392 valence electrons. The average molecular weight is 1040 g/mol. The van der Waals surface area contributed by atoms with Gasteiger partial charge in [0.25, 0.3) is 0 Å². The van der Waals surface area contributed by atoms with Gasteiger partial charge in [-0.2, -0.15) is 0 Å². The Morgan fingerprint density at radius 2 is 0.914 bits per heavy atom. The first-order valence-corrected chi connectivity index (χ1v) is 28.9. The second kappa shape index (κ2) is 22.3. The highest BCUT2D eigenvalue weighted by Crippen LogP contribution is 2.56. The van der Waals surface area contributed by atoms with E-state index in [4.69, 9.17) is 0 Å². The fourth-order valence-corrected chi connectivity index (χ4v) is 13.1. The Labute approximate surface area is 478 Å². The van der Waals surface area contributed by atoms with Gasteiger partial charge in [-0.1, -0.05) is 252 Å². The third kappa shape index (κ3) is 9.72. The largest absolute Gasteiger partial charge is 0.310 e. The quantitative estimate of drug-likeness (QED) is 0.0778. The molecule has 2 heteroatoms. The Morgan fingerprint density at radius 1 is 0.432 bits per heavy atom. The molecule has 0 amide bonds. The van der Waals surface area contributed by atoms with E-state index in [1.807, 2.05) is 12.2 Å². The van der Waals surface area contributed by atoms with E-state index < -0.39 is 0 Å². The molecule has 0 saturated carbocycles. The van der Waals surface area contributed by atoms with Crippen LogP contribution in [0.15, 0.2) is 280 Å². The van der Waals surface area contributed by atoms with Gasteiger partial charge in [-0.3, -0.25) is 0 Å². The van der Waals surface area contributed by atoms with Crippen LogP contribution in [0.25, 0.3) is 84.2 Å². The second-order valence-electron chi connectivity index (χ2n) is 22.0. The Bertz CT molecular complexity index is 4170. The summed E-state index contributed by atoms with van der Waals surface area (Å²) in [5, 5.41) is 2.45. The molecule has 0 spiro atoms. The first-order chi connectivity index (χ1) is 40.0. The molecular formula is C79H66N2. The number of aromatic nitrogens is 1. The third-order valence-corrected chi connectivity index (χ3v) is 17.3. The molecule has 13 rings (SSSR count). The summed E-state index contributed by atoms with van der Waals surface area (Å²) in [6, 6.07) is 99.2. The zero-order valence-corrected chi connectivity index (χ0v) is 46.2. The van der Waals surface area contributed by atoms with E-state index in [2.05, 4.69) is 296 Å². The van der Waals surface area contributed by atoms with Gasteiger partial charge in [-0.15, -0.1) is 0 Å². The third-order valence-electron chi connectivity index (χ3n) is 17.3. The summed E-state index contributed by atoms with van der Waals surface area (Å²) in [6.45, 7) is 10.3. The van der Waals surface area contributed by atoms with E-state index in [0.29, 0.717) is 5.92 Å². The molecule has 81 heavy (non-hydrogen) atoms. The number of hydrogen-bond donors (Lipinski definition) is 0. The number of para-hydroxylation sites is 1. The van der Waals surface area contributed by atoms with Crippen molar-refractivity contribution in [3.05, 3.63) is 313 Å². The van der Waals surface area contributed by atoms with E-state index in [1.54, 1.807) is 0 Å². The predicted octanol–water partition coefficient (Wildman–Crippen LogP) is 21.7. The molecular weight excluding hydrogens is 977 g/mol. The van der Waals surface area contributed by atoms with Crippen LogP contribution >= 0.6 is 0 Å². The minimum absolute atomic E-state index is 0.322. The van der Waals surface area contributed by atoms with Crippen LogP contribution in [0.5, 0.6) is 0 Å². The Kier molecular flexibility index (Phi) is 14.0. The first-order valence-electron chi connectivity index (χ1n) is 28.9. The van der Waals surface area contributed by atoms with E-state index in [-0.39, 0.29) is 5.41 Å². The number of nitrogens with zero attached hydrogens (tertiary/aromatic N) is 2. The van der Waals surface area contributed by atoms with Crippen molar-refractivity contribution in [3.8, 4) is 50.2 Å². The van der Waals surface area contributed by atoms with Crippen molar-refractivity contribution in [3.63, 3.8) is 0 Å². The average Bonchev–Trinajstić information content (AvgIpc) is 3.96. The summed E-state index contributed by atoms with van der Waals surface area (Å²) in [4.78, 5) is 2.46. The molecule has 2 unspecified atom stereocenters. The van der Waals surface area contributed by atoms with Crippen molar-refractivity contribution >= 4 is 51.0 Å². The highest BCUT2D eigenvalue weighted by atomic mass is 15.1. The fourth-order valence-electron chi connectivity index (χ4n) is 13.1. The van der Waals surface area contributed by atoms with Crippen LogP contribution in [0.2, 0.25) is 0 Å². The molecule has 11 aromatic carbocycles. The minimum atomic E-state index is -0.322. The van der Waals surface area contributed by atoms with Gasteiger partial charge in [-0.25, -0.2) is 0 Å². The van der Waals surface area contributed by atoms with Crippen molar-refractivity contribution in [1.82, 2.24) is 4.57 Å². The van der Waals surface area contributed by atoms with Gasteiger partial charge >= 0.3 is 0 Å². The van der Waals surface area contributed by atoms with Crippen LogP contribution < -0.4 is 4.90 Å². The molecule has 0 N–H and O–H groups in total. The molecule has 12 aromatic rings. The molecule has 0 saturated heterocycles. The van der Waals surface area contributed by atoms with E-state index in [1.165, 1.54) is 113 Å². The molecule has 2 nitrogen and oxygen atoms in total. The maximum Gasteiger partial charge on any atom is 0.0541 e. The maximum atomic E-state index is 3.98. The van der Waals surface area contributed by atoms with Crippen LogP contribution in [0.3, 0.4) is 0 Å². The van der Waals surface area contributed by atoms with Crippen LogP contribution in [-0.4, -0.2) is 4.57 Å². The lowest BCUT2D eigenvalue weighted by atomic mass is 9.69. The summed E-state index contributed by atoms with van der Waals surface area (Å²) in [7, 11) is 0. The SMILES string of the molecule is C=Cc1ccc(CC(CC)CCCCC2(c3ccccc3)c3ccccc3-c3ccc(N(c4ccc(-c5ccccc5)cc4)c4ccc(-c5ccc6c(c5)c5cc(-c7ccc(C=C)cc7)ccc5n6-c5ccccc5)cc4)cc32)cc1. The van der Waals surface area contributed by atoms with Gasteiger partial charge in [-0.05, 0) is 169 Å². The van der Waals surface area contributed by atoms with Gasteiger partial charge < -0.3 is 9.47 Å². The lowest BCUT2D eigenvalue weighted by Crippen LogP contribution is -2.27. The minimum Gasteiger partial charge on any atom is -0.310 e. The second-order valence-corrected chi connectivity index (χ2v) is 22.0. The first kappa shape index (κ1) is 51.0. The van der Waals surface area contributed by atoms with Crippen LogP contribution in [-0.2, 0) is 11.8 Å². The molecule has 0 radical (unpaired) electrons.